The van der Waals surface area contributed by atoms with Gasteiger partial charge in [0.25, 0.3) is 0 Å². The molecule has 0 spiro atoms. The summed E-state index contributed by atoms with van der Waals surface area (Å²) in [5.41, 5.74) is 0. The van der Waals surface area contributed by atoms with Crippen LogP contribution >= 0.6 is 0 Å². The Morgan fingerprint density at radius 1 is 1.67 bits per heavy atom. The molecule has 0 aromatic rings. The van der Waals surface area contributed by atoms with Gasteiger partial charge in [0, 0.05) is 0 Å². The maximum atomic E-state index is 10.3. The smallest absolute Gasteiger partial charge is 0.320 e. The van der Waals surface area contributed by atoms with Crippen molar-refractivity contribution in [3.05, 3.63) is 0 Å². The molecule has 54 valence electrons. The standard InChI is InChI=1S/C6H13NO2/c1-3-5(6(8)9)7-4-2/h5,7H,3-4H2,1-2H3,(H,8,9)/t5-/m0/s1. The lowest BCUT2D eigenvalue weighted by Gasteiger charge is -2.08. The molecular weight excluding hydrogens is 118 g/mol. The van der Waals surface area contributed by atoms with E-state index in [1.165, 1.54) is 0 Å². The van der Waals surface area contributed by atoms with Crippen molar-refractivity contribution in [3.63, 3.8) is 0 Å². The molecule has 3 heteroatoms. The number of carboxylic acids is 1. The first-order valence-corrected chi connectivity index (χ1v) is 3.18. The van der Waals surface area contributed by atoms with Gasteiger partial charge >= 0.3 is 5.97 Å². The van der Waals surface area contributed by atoms with Crippen LogP contribution in [0.4, 0.5) is 0 Å². The van der Waals surface area contributed by atoms with E-state index in [0.717, 1.165) is 0 Å². The fourth-order valence-electron chi connectivity index (χ4n) is 0.653. The van der Waals surface area contributed by atoms with E-state index in [9.17, 15) is 4.79 Å². The van der Waals surface area contributed by atoms with Crippen LogP contribution in [0.2, 0.25) is 0 Å². The third-order valence-electron chi connectivity index (χ3n) is 1.16. The molecule has 0 unspecified atom stereocenters. The van der Waals surface area contributed by atoms with Crippen molar-refractivity contribution in [1.82, 2.24) is 5.32 Å². The van der Waals surface area contributed by atoms with Crippen LogP contribution in [0.1, 0.15) is 20.3 Å². The Kier molecular flexibility index (Phi) is 4.05. The number of carboxylic acid groups (broad SMARTS) is 1. The van der Waals surface area contributed by atoms with Crippen molar-refractivity contribution in [3.8, 4) is 0 Å². The van der Waals surface area contributed by atoms with Gasteiger partial charge in [-0.05, 0) is 13.0 Å². The van der Waals surface area contributed by atoms with Crippen LogP contribution in [0.15, 0.2) is 0 Å². The van der Waals surface area contributed by atoms with Crippen LogP contribution < -0.4 is 5.32 Å². The number of hydrogen-bond acceptors (Lipinski definition) is 2. The van der Waals surface area contributed by atoms with Crippen molar-refractivity contribution >= 4 is 5.97 Å². The summed E-state index contributed by atoms with van der Waals surface area (Å²) >= 11 is 0. The highest BCUT2D eigenvalue weighted by Gasteiger charge is 2.11. The second-order valence-electron chi connectivity index (χ2n) is 1.86. The largest absolute Gasteiger partial charge is 0.480 e. The molecule has 0 amide bonds. The third-order valence-corrected chi connectivity index (χ3v) is 1.16. The zero-order valence-corrected chi connectivity index (χ0v) is 5.85. The molecule has 0 rings (SSSR count). The Morgan fingerprint density at radius 2 is 2.22 bits per heavy atom. The normalized spacial score (nSPS) is 13.1. The highest BCUT2D eigenvalue weighted by Crippen LogP contribution is 1.88. The van der Waals surface area contributed by atoms with Gasteiger partial charge in [0.2, 0.25) is 0 Å². The number of carbonyl (C=O) groups is 1. The van der Waals surface area contributed by atoms with Crippen LogP contribution in [0.25, 0.3) is 0 Å². The molecular formula is C6H13NO2. The Bertz CT molecular complexity index is 93.1. The minimum atomic E-state index is -0.764. The fraction of sp³-hybridized carbons (Fsp3) is 0.833. The Hall–Kier alpha value is -0.570. The van der Waals surface area contributed by atoms with E-state index < -0.39 is 5.97 Å². The number of rotatable bonds is 4. The molecule has 9 heavy (non-hydrogen) atoms. The second-order valence-corrected chi connectivity index (χ2v) is 1.86. The van der Waals surface area contributed by atoms with Crippen molar-refractivity contribution < 1.29 is 9.90 Å². The van der Waals surface area contributed by atoms with Crippen LogP contribution in [-0.2, 0) is 4.79 Å². The van der Waals surface area contributed by atoms with E-state index in [4.69, 9.17) is 5.11 Å². The molecule has 2 N–H and O–H groups in total. The maximum Gasteiger partial charge on any atom is 0.320 e. The minimum absolute atomic E-state index is 0.366. The average molecular weight is 131 g/mol. The first-order valence-electron chi connectivity index (χ1n) is 3.18. The summed E-state index contributed by atoms with van der Waals surface area (Å²) < 4.78 is 0. The predicted molar refractivity (Wildman–Crippen MR) is 35.4 cm³/mol. The summed E-state index contributed by atoms with van der Waals surface area (Å²) in [5.74, 6) is -0.764. The highest BCUT2D eigenvalue weighted by molar-refractivity contribution is 5.73. The van der Waals surface area contributed by atoms with Gasteiger partial charge in [-0.1, -0.05) is 13.8 Å². The first-order chi connectivity index (χ1) is 4.22. The molecule has 0 saturated carbocycles. The lowest BCUT2D eigenvalue weighted by atomic mass is 10.2. The molecule has 0 aliphatic rings. The van der Waals surface area contributed by atoms with Gasteiger partial charge in [-0.25, -0.2) is 0 Å². The van der Waals surface area contributed by atoms with Crippen LogP contribution in [0.5, 0.6) is 0 Å². The zero-order chi connectivity index (χ0) is 7.28. The van der Waals surface area contributed by atoms with Crippen molar-refractivity contribution in [2.45, 2.75) is 26.3 Å². The summed E-state index contributed by atoms with van der Waals surface area (Å²) in [7, 11) is 0. The SMILES string of the molecule is CCN[C@@H](CC)C(=O)O. The minimum Gasteiger partial charge on any atom is -0.480 e. The van der Waals surface area contributed by atoms with Gasteiger partial charge in [-0.3, -0.25) is 4.79 Å². The molecule has 0 aromatic carbocycles. The maximum absolute atomic E-state index is 10.3. The monoisotopic (exact) mass is 131 g/mol. The molecule has 0 fully saturated rings. The van der Waals surface area contributed by atoms with E-state index in [0.29, 0.717) is 13.0 Å². The Balaban J connectivity index is 3.54. The molecule has 3 nitrogen and oxygen atoms in total. The number of aliphatic carboxylic acids is 1. The van der Waals surface area contributed by atoms with Crippen LogP contribution in [0, 0.1) is 0 Å². The Labute approximate surface area is 55.1 Å². The molecule has 0 saturated heterocycles. The molecule has 0 aliphatic carbocycles. The van der Waals surface area contributed by atoms with Gasteiger partial charge in [-0.15, -0.1) is 0 Å². The lowest BCUT2D eigenvalue weighted by Crippen LogP contribution is -2.35. The quantitative estimate of drug-likeness (QED) is 0.582. The second kappa shape index (κ2) is 4.32. The number of hydrogen-bond donors (Lipinski definition) is 2. The van der Waals surface area contributed by atoms with E-state index in [2.05, 4.69) is 5.32 Å². The predicted octanol–water partition coefficient (Wildman–Crippen LogP) is 0.459. The topological polar surface area (TPSA) is 49.3 Å². The van der Waals surface area contributed by atoms with E-state index >= 15 is 0 Å². The zero-order valence-electron chi connectivity index (χ0n) is 5.85. The number of likely N-dealkylation sites (N-methyl/N-ethyl adjacent to an activating group) is 1. The van der Waals surface area contributed by atoms with Gasteiger partial charge < -0.3 is 10.4 Å². The summed E-state index contributed by atoms with van der Waals surface area (Å²) in [6.45, 7) is 4.46. The van der Waals surface area contributed by atoms with Crippen molar-refractivity contribution in [1.29, 1.82) is 0 Å². The van der Waals surface area contributed by atoms with Crippen LogP contribution in [-0.4, -0.2) is 23.7 Å². The fourth-order valence-corrected chi connectivity index (χ4v) is 0.653. The molecule has 0 bridgehead atoms. The van der Waals surface area contributed by atoms with E-state index in [1.54, 1.807) is 0 Å². The molecule has 0 aromatic heterocycles. The van der Waals surface area contributed by atoms with E-state index in [1.807, 2.05) is 13.8 Å². The van der Waals surface area contributed by atoms with Crippen LogP contribution in [0.3, 0.4) is 0 Å². The van der Waals surface area contributed by atoms with Crippen molar-refractivity contribution in [2.75, 3.05) is 6.54 Å². The van der Waals surface area contributed by atoms with E-state index in [-0.39, 0.29) is 6.04 Å². The summed E-state index contributed by atoms with van der Waals surface area (Å²) in [6.07, 6.45) is 0.642. The van der Waals surface area contributed by atoms with Gasteiger partial charge in [-0.2, -0.15) is 0 Å². The van der Waals surface area contributed by atoms with Gasteiger partial charge in [0.15, 0.2) is 0 Å². The molecule has 0 aliphatic heterocycles. The Morgan fingerprint density at radius 3 is 2.33 bits per heavy atom. The molecule has 0 radical (unpaired) electrons. The molecule has 1 atom stereocenters. The summed E-state index contributed by atoms with van der Waals surface area (Å²) in [6, 6.07) is -0.366. The summed E-state index contributed by atoms with van der Waals surface area (Å²) in [5, 5.41) is 11.3. The summed E-state index contributed by atoms with van der Waals surface area (Å²) in [4.78, 5) is 10.3. The highest BCUT2D eigenvalue weighted by atomic mass is 16.4. The lowest BCUT2D eigenvalue weighted by molar-refractivity contribution is -0.139. The number of nitrogens with one attached hydrogen (secondary N) is 1. The van der Waals surface area contributed by atoms with Gasteiger partial charge in [0.1, 0.15) is 6.04 Å². The van der Waals surface area contributed by atoms with Gasteiger partial charge in [0.05, 0.1) is 0 Å². The average Bonchev–Trinajstić information content (AvgIpc) is 1.82. The van der Waals surface area contributed by atoms with Crippen molar-refractivity contribution in [2.24, 2.45) is 0 Å². The third kappa shape index (κ3) is 3.08. The molecule has 0 heterocycles. The first kappa shape index (κ1) is 8.43.